The molecule has 0 bridgehead atoms. The highest BCUT2D eigenvalue weighted by molar-refractivity contribution is 7.15. The average Bonchev–Trinajstić information content (AvgIpc) is 3.36. The standard InChI is InChI=1S/C25H28ClN7O2S/c1-14-15(2)36-25-22(14)23(17-4-6-18(26)7-5-17)28-19(24-30-29-16(3)33(24)25)12-20(34)31-8-10-32(11-9-31)21(35)13-27/h4-7,19H,8-13,27H2,1-3H3/t19-/m0/s1. The van der Waals surface area contributed by atoms with Crippen LogP contribution in [0.2, 0.25) is 5.02 Å². The zero-order chi connectivity index (χ0) is 25.6. The minimum Gasteiger partial charge on any atom is -0.339 e. The van der Waals surface area contributed by atoms with Crippen molar-refractivity contribution in [2.45, 2.75) is 33.2 Å². The van der Waals surface area contributed by atoms with Gasteiger partial charge in [-0.2, -0.15) is 0 Å². The molecule has 5 rings (SSSR count). The molecule has 4 heterocycles. The summed E-state index contributed by atoms with van der Waals surface area (Å²) in [5.41, 5.74) is 9.43. The number of hydrogen-bond acceptors (Lipinski definition) is 7. The van der Waals surface area contributed by atoms with Crippen molar-refractivity contribution < 1.29 is 9.59 Å². The summed E-state index contributed by atoms with van der Waals surface area (Å²) in [6.07, 6.45) is 0.160. The monoisotopic (exact) mass is 525 g/mol. The quantitative estimate of drug-likeness (QED) is 0.563. The van der Waals surface area contributed by atoms with Gasteiger partial charge in [0.15, 0.2) is 5.82 Å². The lowest BCUT2D eigenvalue weighted by atomic mass is 9.99. The van der Waals surface area contributed by atoms with Crippen LogP contribution in [0.3, 0.4) is 0 Å². The number of rotatable bonds is 4. The Hall–Kier alpha value is -3.08. The first-order valence-corrected chi connectivity index (χ1v) is 13.1. The first-order chi connectivity index (χ1) is 17.3. The molecule has 2 aliphatic heterocycles. The molecule has 0 saturated carbocycles. The molecule has 2 N–H and O–H groups in total. The molecule has 1 aromatic carbocycles. The van der Waals surface area contributed by atoms with Gasteiger partial charge in [-0.15, -0.1) is 21.5 Å². The average molecular weight is 526 g/mol. The number of piperazine rings is 1. The summed E-state index contributed by atoms with van der Waals surface area (Å²) in [6.45, 7) is 8.02. The molecule has 2 amide bonds. The molecule has 2 aliphatic rings. The number of halogens is 1. The van der Waals surface area contributed by atoms with Crippen LogP contribution < -0.4 is 5.73 Å². The Morgan fingerprint density at radius 3 is 2.31 bits per heavy atom. The highest BCUT2D eigenvalue weighted by atomic mass is 35.5. The van der Waals surface area contributed by atoms with Crippen LogP contribution in [0.15, 0.2) is 29.3 Å². The van der Waals surface area contributed by atoms with Gasteiger partial charge in [0.05, 0.1) is 18.7 Å². The molecule has 0 spiro atoms. The molecule has 0 unspecified atom stereocenters. The van der Waals surface area contributed by atoms with Crippen molar-refractivity contribution in [3.8, 4) is 5.00 Å². The van der Waals surface area contributed by atoms with E-state index < -0.39 is 6.04 Å². The lowest BCUT2D eigenvalue weighted by molar-refractivity contribution is -0.139. The number of thiophene rings is 1. The summed E-state index contributed by atoms with van der Waals surface area (Å²) in [6, 6.07) is 7.12. The second-order valence-electron chi connectivity index (χ2n) is 9.07. The Labute approximate surface area is 218 Å². The van der Waals surface area contributed by atoms with Gasteiger partial charge in [-0.3, -0.25) is 19.1 Å². The number of carbonyl (C=O) groups excluding carboxylic acids is 2. The second-order valence-corrected chi connectivity index (χ2v) is 10.7. The fourth-order valence-corrected chi connectivity index (χ4v) is 6.10. The van der Waals surface area contributed by atoms with E-state index in [1.54, 1.807) is 21.1 Å². The summed E-state index contributed by atoms with van der Waals surface area (Å²) in [5, 5.41) is 10.5. The maximum Gasteiger partial charge on any atom is 0.236 e. The minimum absolute atomic E-state index is 0.0176. The van der Waals surface area contributed by atoms with E-state index in [2.05, 4.69) is 24.0 Å². The summed E-state index contributed by atoms with van der Waals surface area (Å²) in [5.74, 6) is 1.29. The van der Waals surface area contributed by atoms with Gasteiger partial charge in [-0.25, -0.2) is 0 Å². The van der Waals surface area contributed by atoms with E-state index in [9.17, 15) is 9.59 Å². The Bertz CT molecular complexity index is 1350. The summed E-state index contributed by atoms with van der Waals surface area (Å²) in [4.78, 5) is 35.2. The van der Waals surface area contributed by atoms with Crippen molar-refractivity contribution in [2.75, 3.05) is 32.7 Å². The van der Waals surface area contributed by atoms with Gasteiger partial charge in [0.25, 0.3) is 0 Å². The Kier molecular flexibility index (Phi) is 6.67. The maximum atomic E-state index is 13.4. The van der Waals surface area contributed by atoms with Gasteiger partial charge in [0.1, 0.15) is 16.9 Å². The van der Waals surface area contributed by atoms with E-state index in [4.69, 9.17) is 22.3 Å². The van der Waals surface area contributed by atoms with E-state index in [-0.39, 0.29) is 24.8 Å². The van der Waals surface area contributed by atoms with Crippen LogP contribution in [0.5, 0.6) is 0 Å². The molecule has 0 radical (unpaired) electrons. The molecular formula is C25H28ClN7O2S. The van der Waals surface area contributed by atoms with E-state index in [1.165, 1.54) is 4.88 Å². The molecule has 188 valence electrons. The lowest BCUT2D eigenvalue weighted by Gasteiger charge is -2.35. The third-order valence-corrected chi connectivity index (χ3v) is 8.33. The predicted molar refractivity (Wildman–Crippen MR) is 140 cm³/mol. The molecular weight excluding hydrogens is 498 g/mol. The highest BCUT2D eigenvalue weighted by Gasteiger charge is 2.34. The molecule has 1 fully saturated rings. The van der Waals surface area contributed by atoms with Crippen LogP contribution in [0.4, 0.5) is 0 Å². The summed E-state index contributed by atoms with van der Waals surface area (Å²) in [7, 11) is 0. The normalized spacial score (nSPS) is 17.4. The number of amides is 2. The van der Waals surface area contributed by atoms with Crippen LogP contribution >= 0.6 is 22.9 Å². The Balaban J connectivity index is 1.53. The number of carbonyl (C=O) groups is 2. The first-order valence-electron chi connectivity index (χ1n) is 11.9. The maximum absolute atomic E-state index is 13.4. The molecule has 36 heavy (non-hydrogen) atoms. The molecule has 3 aromatic rings. The van der Waals surface area contributed by atoms with Gasteiger partial charge >= 0.3 is 0 Å². The number of aliphatic imine (C=N–C) groups is 1. The van der Waals surface area contributed by atoms with Crippen molar-refractivity contribution in [3.05, 3.63) is 62.5 Å². The SMILES string of the molecule is Cc1sc2c(c1C)C(c1ccc(Cl)cc1)=N[C@@H](CC(=O)N1CCN(C(=O)CN)CC1)c1nnc(C)n1-2. The topological polar surface area (TPSA) is 110 Å². The number of aromatic nitrogens is 3. The Morgan fingerprint density at radius 1 is 1.03 bits per heavy atom. The van der Waals surface area contributed by atoms with E-state index >= 15 is 0 Å². The molecule has 1 atom stereocenters. The van der Waals surface area contributed by atoms with Crippen LogP contribution in [0, 0.1) is 20.8 Å². The van der Waals surface area contributed by atoms with Crippen molar-refractivity contribution in [1.29, 1.82) is 0 Å². The number of nitrogens with two attached hydrogens (primary N) is 1. The van der Waals surface area contributed by atoms with E-state index in [0.717, 1.165) is 33.2 Å². The van der Waals surface area contributed by atoms with Crippen LogP contribution in [0.1, 0.15) is 45.7 Å². The van der Waals surface area contributed by atoms with E-state index in [1.807, 2.05) is 35.8 Å². The highest BCUT2D eigenvalue weighted by Crippen LogP contribution is 2.39. The zero-order valence-corrected chi connectivity index (χ0v) is 22.1. The molecule has 9 nitrogen and oxygen atoms in total. The van der Waals surface area contributed by atoms with Crippen molar-refractivity contribution >= 4 is 40.5 Å². The van der Waals surface area contributed by atoms with Crippen molar-refractivity contribution in [1.82, 2.24) is 24.6 Å². The first kappa shape index (κ1) is 24.6. The minimum atomic E-state index is -0.507. The van der Waals surface area contributed by atoms with Crippen LogP contribution in [-0.4, -0.2) is 74.8 Å². The zero-order valence-electron chi connectivity index (χ0n) is 20.5. The number of fused-ring (bicyclic) bond motifs is 3. The van der Waals surface area contributed by atoms with Gasteiger partial charge in [0.2, 0.25) is 11.8 Å². The smallest absolute Gasteiger partial charge is 0.236 e. The number of aryl methyl sites for hydroxylation is 2. The van der Waals surface area contributed by atoms with E-state index in [0.29, 0.717) is 37.0 Å². The van der Waals surface area contributed by atoms with Crippen molar-refractivity contribution in [2.24, 2.45) is 10.7 Å². The summed E-state index contributed by atoms with van der Waals surface area (Å²) < 4.78 is 2.04. The Morgan fingerprint density at radius 2 is 1.67 bits per heavy atom. The second kappa shape index (κ2) is 9.76. The fourth-order valence-electron chi connectivity index (χ4n) is 4.76. The fraction of sp³-hybridized carbons (Fsp3) is 0.400. The number of benzene rings is 1. The third-order valence-electron chi connectivity index (χ3n) is 6.88. The predicted octanol–water partition coefficient (Wildman–Crippen LogP) is 2.82. The van der Waals surface area contributed by atoms with Gasteiger partial charge in [-0.05, 0) is 38.5 Å². The van der Waals surface area contributed by atoms with Gasteiger partial charge in [-0.1, -0.05) is 23.7 Å². The van der Waals surface area contributed by atoms with Gasteiger partial charge in [0, 0.05) is 47.2 Å². The van der Waals surface area contributed by atoms with Crippen LogP contribution in [0.25, 0.3) is 5.00 Å². The summed E-state index contributed by atoms with van der Waals surface area (Å²) >= 11 is 7.86. The molecule has 1 saturated heterocycles. The number of hydrogen-bond donors (Lipinski definition) is 1. The largest absolute Gasteiger partial charge is 0.339 e. The number of nitrogens with zero attached hydrogens (tertiary/aromatic N) is 6. The molecule has 2 aromatic heterocycles. The van der Waals surface area contributed by atoms with Crippen molar-refractivity contribution in [3.63, 3.8) is 0 Å². The van der Waals surface area contributed by atoms with Gasteiger partial charge < -0.3 is 15.5 Å². The van der Waals surface area contributed by atoms with Crippen LogP contribution in [-0.2, 0) is 9.59 Å². The third kappa shape index (κ3) is 4.33. The lowest BCUT2D eigenvalue weighted by Crippen LogP contribution is -2.52. The molecule has 11 heteroatoms. The molecule has 0 aliphatic carbocycles.